The second kappa shape index (κ2) is 10.2. The maximum absolute atomic E-state index is 13.2. The van der Waals surface area contributed by atoms with E-state index in [1.54, 1.807) is 9.80 Å². The third-order valence-corrected chi connectivity index (χ3v) is 7.44. The summed E-state index contributed by atoms with van der Waals surface area (Å²) in [6, 6.07) is 10.6. The molecule has 1 fully saturated rings. The molecule has 198 valence electrons. The van der Waals surface area contributed by atoms with E-state index in [0.717, 1.165) is 23.4 Å². The number of hydrogen-bond donors (Lipinski definition) is 2. The van der Waals surface area contributed by atoms with Crippen molar-refractivity contribution in [3.8, 4) is 0 Å². The molecule has 1 saturated heterocycles. The summed E-state index contributed by atoms with van der Waals surface area (Å²) in [4.78, 5) is 41.1. The van der Waals surface area contributed by atoms with Gasteiger partial charge in [0, 0.05) is 37.8 Å². The molecule has 3 amide bonds. The number of carbonyl (C=O) groups excluding carboxylic acids is 2. The highest BCUT2D eigenvalue weighted by Crippen LogP contribution is 2.37. The summed E-state index contributed by atoms with van der Waals surface area (Å²) < 4.78 is 39.7. The van der Waals surface area contributed by atoms with Gasteiger partial charge in [0.2, 0.25) is 5.91 Å². The van der Waals surface area contributed by atoms with E-state index in [-0.39, 0.29) is 36.4 Å². The average molecular weight is 538 g/mol. The predicted octanol–water partition coefficient (Wildman–Crippen LogP) is 5.42. The number of benzene rings is 2. The molecule has 0 saturated carbocycles. The van der Waals surface area contributed by atoms with Gasteiger partial charge < -0.3 is 20.2 Å². The van der Waals surface area contributed by atoms with Crippen molar-refractivity contribution < 1.29 is 32.7 Å². The van der Waals surface area contributed by atoms with E-state index in [1.807, 2.05) is 24.3 Å². The van der Waals surface area contributed by atoms with Crippen LogP contribution in [0.2, 0.25) is 5.02 Å². The Bertz CT molecular complexity index is 1210. The number of carboxylic acids is 1. The summed E-state index contributed by atoms with van der Waals surface area (Å²) in [6.07, 6.45) is -4.23. The number of likely N-dealkylation sites (tertiary alicyclic amines) is 1. The molecule has 2 heterocycles. The van der Waals surface area contributed by atoms with Gasteiger partial charge in [-0.2, -0.15) is 13.2 Å². The zero-order chi connectivity index (χ0) is 27.0. The highest BCUT2D eigenvalue weighted by molar-refractivity contribution is 6.31. The molecule has 0 spiro atoms. The molecule has 7 nitrogen and oxygen atoms in total. The number of carbonyl (C=O) groups is 3. The quantitative estimate of drug-likeness (QED) is 0.515. The van der Waals surface area contributed by atoms with Gasteiger partial charge in [-0.15, -0.1) is 0 Å². The number of hydrogen-bond acceptors (Lipinski definition) is 3. The minimum absolute atomic E-state index is 0.0712. The third kappa shape index (κ3) is 5.84. The van der Waals surface area contributed by atoms with E-state index >= 15 is 0 Å². The van der Waals surface area contributed by atoms with Gasteiger partial charge >= 0.3 is 18.2 Å². The van der Waals surface area contributed by atoms with E-state index in [2.05, 4.69) is 5.32 Å². The van der Waals surface area contributed by atoms with Gasteiger partial charge in [-0.25, -0.2) is 4.79 Å². The predicted molar refractivity (Wildman–Crippen MR) is 131 cm³/mol. The van der Waals surface area contributed by atoms with Gasteiger partial charge in [-0.3, -0.25) is 9.59 Å². The Morgan fingerprint density at radius 3 is 2.46 bits per heavy atom. The number of rotatable bonds is 6. The zero-order valence-corrected chi connectivity index (χ0v) is 20.9. The zero-order valence-electron chi connectivity index (χ0n) is 20.1. The first-order valence-electron chi connectivity index (χ1n) is 11.9. The number of alkyl halides is 3. The molecular formula is C26H27ClF3N3O4. The van der Waals surface area contributed by atoms with Crippen LogP contribution < -0.4 is 5.32 Å². The minimum Gasteiger partial charge on any atom is -0.481 e. The van der Waals surface area contributed by atoms with Gasteiger partial charge in [0.05, 0.1) is 16.0 Å². The lowest BCUT2D eigenvalue weighted by Crippen LogP contribution is -2.51. The number of amides is 3. The van der Waals surface area contributed by atoms with Crippen molar-refractivity contribution in [1.29, 1.82) is 0 Å². The second-order valence-corrected chi connectivity index (χ2v) is 10.3. The highest BCUT2D eigenvalue weighted by Gasteiger charge is 2.40. The molecule has 1 unspecified atom stereocenters. The summed E-state index contributed by atoms with van der Waals surface area (Å²) in [7, 11) is 0. The van der Waals surface area contributed by atoms with Crippen molar-refractivity contribution in [2.75, 3.05) is 18.4 Å². The number of urea groups is 1. The Morgan fingerprint density at radius 2 is 1.81 bits per heavy atom. The average Bonchev–Trinajstić information content (AvgIpc) is 2.84. The number of halogens is 4. The van der Waals surface area contributed by atoms with E-state index in [1.165, 1.54) is 13.0 Å². The Labute approximate surface area is 217 Å². The Kier molecular flexibility index (Phi) is 7.41. The molecular weight excluding hydrogens is 511 g/mol. The lowest BCUT2D eigenvalue weighted by molar-refractivity contribution is -0.153. The molecule has 2 aliphatic rings. The molecule has 2 aromatic carbocycles. The molecule has 0 aromatic heterocycles. The first kappa shape index (κ1) is 26.8. The van der Waals surface area contributed by atoms with Crippen molar-refractivity contribution in [2.24, 2.45) is 5.41 Å². The fraction of sp³-hybridized carbons (Fsp3) is 0.423. The van der Waals surface area contributed by atoms with Crippen molar-refractivity contribution in [3.05, 3.63) is 64.2 Å². The maximum atomic E-state index is 13.2. The Morgan fingerprint density at radius 1 is 1.14 bits per heavy atom. The fourth-order valence-corrected chi connectivity index (χ4v) is 5.18. The summed E-state index contributed by atoms with van der Waals surface area (Å²) in [6.45, 7) is 2.53. The number of nitrogens with one attached hydrogen (secondary N) is 1. The first-order valence-corrected chi connectivity index (χ1v) is 12.3. The van der Waals surface area contributed by atoms with Crippen LogP contribution in [0, 0.1) is 5.41 Å². The highest BCUT2D eigenvalue weighted by atomic mass is 35.5. The van der Waals surface area contributed by atoms with Crippen molar-refractivity contribution >= 4 is 35.2 Å². The van der Waals surface area contributed by atoms with Crippen LogP contribution in [0.15, 0.2) is 42.5 Å². The molecule has 0 bridgehead atoms. The lowest BCUT2D eigenvalue weighted by atomic mass is 9.79. The largest absolute Gasteiger partial charge is 0.481 e. The Hall–Kier alpha value is -3.27. The molecule has 1 atom stereocenters. The standard InChI is InChI=1S/C26H27ClF3N3O4/c1-25(23(35)36,13-16-6-7-20(27)19(12-16)26(28,29)30)14-22(34)32-10-8-18(9-11-32)33-15-17-4-2-3-5-21(17)31-24(33)37/h2-7,12,18H,8-11,13-15H2,1H3,(H,31,37)(H,35,36). The number of aliphatic carboxylic acids is 1. The minimum atomic E-state index is -4.68. The lowest BCUT2D eigenvalue weighted by Gasteiger charge is -2.41. The molecule has 0 aliphatic carbocycles. The van der Waals surface area contributed by atoms with Gasteiger partial charge in [0.15, 0.2) is 0 Å². The number of piperidine rings is 1. The van der Waals surface area contributed by atoms with Crippen LogP contribution in [0.5, 0.6) is 0 Å². The molecule has 2 aromatic rings. The number of carboxylic acid groups (broad SMARTS) is 1. The summed E-state index contributed by atoms with van der Waals surface area (Å²) in [5, 5.41) is 12.3. The summed E-state index contributed by atoms with van der Waals surface area (Å²) in [5.74, 6) is -1.66. The van der Waals surface area contributed by atoms with Crippen LogP contribution in [0.4, 0.5) is 23.7 Å². The monoisotopic (exact) mass is 537 g/mol. The van der Waals surface area contributed by atoms with Crippen LogP contribution in [0.25, 0.3) is 0 Å². The number of para-hydroxylation sites is 1. The van der Waals surface area contributed by atoms with Crippen LogP contribution in [-0.4, -0.2) is 51.9 Å². The van der Waals surface area contributed by atoms with Crippen LogP contribution >= 0.6 is 11.6 Å². The molecule has 2 N–H and O–H groups in total. The van der Waals surface area contributed by atoms with E-state index in [0.29, 0.717) is 32.5 Å². The maximum Gasteiger partial charge on any atom is 0.417 e. The second-order valence-electron chi connectivity index (χ2n) is 9.86. The van der Waals surface area contributed by atoms with Crippen molar-refractivity contribution in [3.63, 3.8) is 0 Å². The molecule has 0 radical (unpaired) electrons. The van der Waals surface area contributed by atoms with Crippen molar-refractivity contribution in [1.82, 2.24) is 9.80 Å². The normalized spacial score (nSPS) is 18.1. The molecule has 2 aliphatic heterocycles. The fourth-order valence-electron chi connectivity index (χ4n) is 4.95. The Balaban J connectivity index is 1.39. The first-order chi connectivity index (χ1) is 17.4. The van der Waals surface area contributed by atoms with Crippen LogP contribution in [-0.2, 0) is 28.7 Å². The molecule has 37 heavy (non-hydrogen) atoms. The van der Waals surface area contributed by atoms with Crippen molar-refractivity contribution in [2.45, 2.75) is 51.4 Å². The van der Waals surface area contributed by atoms with Crippen LogP contribution in [0.1, 0.15) is 42.9 Å². The number of anilines is 1. The van der Waals surface area contributed by atoms with E-state index < -0.39 is 28.1 Å². The molecule has 4 rings (SSSR count). The third-order valence-electron chi connectivity index (χ3n) is 7.11. The molecule has 11 heteroatoms. The topological polar surface area (TPSA) is 90.0 Å². The number of nitrogens with zero attached hydrogens (tertiary/aromatic N) is 2. The number of fused-ring (bicyclic) bond motifs is 1. The summed E-state index contributed by atoms with van der Waals surface area (Å²) in [5.41, 5.74) is -0.732. The van der Waals surface area contributed by atoms with Gasteiger partial charge in [0.25, 0.3) is 0 Å². The van der Waals surface area contributed by atoms with E-state index in [4.69, 9.17) is 11.6 Å². The van der Waals surface area contributed by atoms with Crippen LogP contribution in [0.3, 0.4) is 0 Å². The summed E-state index contributed by atoms with van der Waals surface area (Å²) >= 11 is 5.68. The van der Waals surface area contributed by atoms with Gasteiger partial charge in [-0.1, -0.05) is 35.9 Å². The van der Waals surface area contributed by atoms with Gasteiger partial charge in [0.1, 0.15) is 0 Å². The van der Waals surface area contributed by atoms with Gasteiger partial charge in [-0.05, 0) is 55.5 Å². The van der Waals surface area contributed by atoms with E-state index in [9.17, 15) is 32.7 Å². The SMILES string of the molecule is CC(CC(=O)N1CCC(N2Cc3ccccc3NC2=O)CC1)(Cc1ccc(Cl)c(C(F)(F)F)c1)C(=O)O. The smallest absolute Gasteiger partial charge is 0.417 e.